The van der Waals surface area contributed by atoms with Crippen molar-refractivity contribution in [3.05, 3.63) is 35.0 Å². The Balaban J connectivity index is 2.30. The summed E-state index contributed by atoms with van der Waals surface area (Å²) in [5, 5.41) is 4.02. The lowest BCUT2D eigenvalue weighted by atomic mass is 10.0. The van der Waals surface area contributed by atoms with E-state index in [4.69, 9.17) is 5.73 Å². The predicted molar refractivity (Wildman–Crippen MR) is 66.9 cm³/mol. The summed E-state index contributed by atoms with van der Waals surface area (Å²) in [5.74, 6) is 0.406. The number of rotatable bonds is 4. The van der Waals surface area contributed by atoms with Crippen LogP contribution in [0.1, 0.15) is 20.3 Å². The van der Waals surface area contributed by atoms with Gasteiger partial charge in [0.2, 0.25) is 0 Å². The third kappa shape index (κ3) is 2.24. The first kappa shape index (κ1) is 11.9. The van der Waals surface area contributed by atoms with Gasteiger partial charge in [-0.25, -0.2) is 4.52 Å². The molecule has 0 aliphatic carbocycles. The number of aromatic nitrogens is 3. The van der Waals surface area contributed by atoms with E-state index < -0.39 is 0 Å². The summed E-state index contributed by atoms with van der Waals surface area (Å²) >= 11 is 0. The van der Waals surface area contributed by atoms with Crippen LogP contribution in [0.15, 0.2) is 29.5 Å². The molecule has 2 aromatic heterocycles. The lowest BCUT2D eigenvalue weighted by Crippen LogP contribution is -2.36. The van der Waals surface area contributed by atoms with Crippen LogP contribution in [-0.2, 0) is 6.54 Å². The minimum atomic E-state index is -0.0382. The number of hydrogen-bond acceptors (Lipinski definition) is 3. The van der Waals surface area contributed by atoms with E-state index in [9.17, 15) is 4.79 Å². The zero-order valence-electron chi connectivity index (χ0n) is 10.2. The molecule has 2 aromatic rings. The van der Waals surface area contributed by atoms with Crippen LogP contribution in [0.3, 0.4) is 0 Å². The van der Waals surface area contributed by atoms with Crippen LogP contribution in [0, 0.1) is 5.92 Å². The molecule has 5 heteroatoms. The van der Waals surface area contributed by atoms with Crippen molar-refractivity contribution in [2.75, 3.05) is 0 Å². The van der Waals surface area contributed by atoms with E-state index in [-0.39, 0.29) is 11.6 Å². The molecule has 92 valence electrons. The Bertz CT molecular complexity index is 557. The van der Waals surface area contributed by atoms with Crippen molar-refractivity contribution >= 4 is 5.52 Å². The van der Waals surface area contributed by atoms with Gasteiger partial charge in [-0.05, 0) is 12.0 Å². The average molecular weight is 234 g/mol. The maximum Gasteiger partial charge on any atom is 0.276 e. The van der Waals surface area contributed by atoms with E-state index in [1.807, 2.05) is 0 Å². The molecule has 5 nitrogen and oxygen atoms in total. The summed E-state index contributed by atoms with van der Waals surface area (Å²) in [5.41, 5.74) is 6.61. The highest BCUT2D eigenvalue weighted by atomic mass is 16.1. The Morgan fingerprint density at radius 2 is 2.24 bits per heavy atom. The highest BCUT2D eigenvalue weighted by Gasteiger charge is 2.12. The van der Waals surface area contributed by atoms with E-state index in [0.29, 0.717) is 18.0 Å². The number of fused-ring (bicyclic) bond motifs is 1. The van der Waals surface area contributed by atoms with Crippen LogP contribution in [0.4, 0.5) is 0 Å². The molecule has 2 rings (SSSR count). The number of nitrogens with two attached hydrogens (primary N) is 1. The normalized spacial score (nSPS) is 15.0. The molecule has 0 aliphatic rings. The summed E-state index contributed by atoms with van der Waals surface area (Å²) in [6, 6.07) is 1.72. The standard InChI is InChI=1S/C12H18N4O/c1-3-9(2)10(13)8-15-6-7-16-11(12(15)17)4-5-14-16/h4-7,9-10H,3,8,13H2,1-2H3. The molecular weight excluding hydrogens is 216 g/mol. The fourth-order valence-corrected chi connectivity index (χ4v) is 1.81. The van der Waals surface area contributed by atoms with Gasteiger partial charge in [0, 0.05) is 25.0 Å². The van der Waals surface area contributed by atoms with Gasteiger partial charge < -0.3 is 10.3 Å². The molecule has 2 N–H and O–H groups in total. The fourth-order valence-electron chi connectivity index (χ4n) is 1.81. The van der Waals surface area contributed by atoms with Crippen LogP contribution in [0.25, 0.3) is 5.52 Å². The van der Waals surface area contributed by atoms with Crippen molar-refractivity contribution in [1.82, 2.24) is 14.2 Å². The first-order valence-corrected chi connectivity index (χ1v) is 5.92. The molecule has 0 fully saturated rings. The summed E-state index contributed by atoms with van der Waals surface area (Å²) in [4.78, 5) is 12.1. The largest absolute Gasteiger partial charge is 0.326 e. The smallest absolute Gasteiger partial charge is 0.276 e. The Labute approximate surface area is 99.9 Å². The molecule has 0 aliphatic heterocycles. The summed E-state index contributed by atoms with van der Waals surface area (Å²) in [7, 11) is 0. The molecule has 0 aromatic carbocycles. The highest BCUT2D eigenvalue weighted by Crippen LogP contribution is 2.06. The Kier molecular flexibility index (Phi) is 3.28. The van der Waals surface area contributed by atoms with E-state index in [1.165, 1.54) is 0 Å². The molecule has 0 amide bonds. The maximum atomic E-state index is 12.1. The van der Waals surface area contributed by atoms with E-state index >= 15 is 0 Å². The van der Waals surface area contributed by atoms with Crippen molar-refractivity contribution in [2.24, 2.45) is 11.7 Å². The lowest BCUT2D eigenvalue weighted by molar-refractivity contribution is 0.392. The topological polar surface area (TPSA) is 65.3 Å². The van der Waals surface area contributed by atoms with Gasteiger partial charge in [-0.1, -0.05) is 20.3 Å². The highest BCUT2D eigenvalue weighted by molar-refractivity contribution is 5.42. The first-order valence-electron chi connectivity index (χ1n) is 5.92. The van der Waals surface area contributed by atoms with E-state index in [1.54, 1.807) is 33.7 Å². The molecule has 17 heavy (non-hydrogen) atoms. The molecule has 2 heterocycles. The second-order valence-corrected chi connectivity index (χ2v) is 4.47. The minimum Gasteiger partial charge on any atom is -0.326 e. The van der Waals surface area contributed by atoms with Crippen molar-refractivity contribution in [3.63, 3.8) is 0 Å². The van der Waals surface area contributed by atoms with Crippen LogP contribution in [0.2, 0.25) is 0 Å². The van der Waals surface area contributed by atoms with Crippen molar-refractivity contribution < 1.29 is 0 Å². The van der Waals surface area contributed by atoms with Gasteiger partial charge in [-0.3, -0.25) is 4.79 Å². The minimum absolute atomic E-state index is 0.00284. The van der Waals surface area contributed by atoms with Gasteiger partial charge in [0.25, 0.3) is 5.56 Å². The second kappa shape index (κ2) is 4.71. The van der Waals surface area contributed by atoms with Crippen molar-refractivity contribution in [1.29, 1.82) is 0 Å². The maximum absolute atomic E-state index is 12.1. The average Bonchev–Trinajstić information content (AvgIpc) is 2.80. The van der Waals surface area contributed by atoms with Gasteiger partial charge in [0.15, 0.2) is 0 Å². The van der Waals surface area contributed by atoms with Crippen LogP contribution >= 0.6 is 0 Å². The van der Waals surface area contributed by atoms with Gasteiger partial charge >= 0.3 is 0 Å². The first-order chi connectivity index (χ1) is 8.13. The third-order valence-corrected chi connectivity index (χ3v) is 3.32. The fraction of sp³-hybridized carbons (Fsp3) is 0.500. The van der Waals surface area contributed by atoms with Gasteiger partial charge in [-0.15, -0.1) is 0 Å². The summed E-state index contributed by atoms with van der Waals surface area (Å²) in [6.07, 6.45) is 6.16. The molecule has 2 atom stereocenters. The summed E-state index contributed by atoms with van der Waals surface area (Å²) < 4.78 is 3.24. The monoisotopic (exact) mass is 234 g/mol. The van der Waals surface area contributed by atoms with E-state index in [0.717, 1.165) is 6.42 Å². The van der Waals surface area contributed by atoms with E-state index in [2.05, 4.69) is 18.9 Å². The van der Waals surface area contributed by atoms with Crippen LogP contribution < -0.4 is 11.3 Å². The zero-order valence-corrected chi connectivity index (χ0v) is 10.2. The Morgan fingerprint density at radius 3 is 2.94 bits per heavy atom. The van der Waals surface area contributed by atoms with Gasteiger partial charge in [0.05, 0.1) is 6.20 Å². The van der Waals surface area contributed by atoms with Crippen molar-refractivity contribution in [3.8, 4) is 0 Å². The molecule has 2 unspecified atom stereocenters. The Morgan fingerprint density at radius 1 is 1.47 bits per heavy atom. The number of nitrogens with zero attached hydrogens (tertiary/aromatic N) is 3. The SMILES string of the molecule is CCC(C)C(N)Cn1ccn2nccc2c1=O. The Hall–Kier alpha value is -1.62. The molecule has 0 radical (unpaired) electrons. The summed E-state index contributed by atoms with van der Waals surface area (Å²) in [6.45, 7) is 4.76. The second-order valence-electron chi connectivity index (χ2n) is 4.47. The molecule has 0 spiro atoms. The predicted octanol–water partition coefficient (Wildman–Crippen LogP) is 0.869. The molecule has 0 saturated heterocycles. The quantitative estimate of drug-likeness (QED) is 0.853. The molecular formula is C12H18N4O. The molecule has 0 saturated carbocycles. The molecule has 0 bridgehead atoms. The zero-order chi connectivity index (χ0) is 12.4. The lowest BCUT2D eigenvalue weighted by Gasteiger charge is -2.19. The van der Waals surface area contributed by atoms with Crippen molar-refractivity contribution in [2.45, 2.75) is 32.9 Å². The van der Waals surface area contributed by atoms with Crippen LogP contribution in [-0.4, -0.2) is 20.2 Å². The van der Waals surface area contributed by atoms with Gasteiger partial charge in [-0.2, -0.15) is 5.10 Å². The third-order valence-electron chi connectivity index (χ3n) is 3.32. The van der Waals surface area contributed by atoms with Gasteiger partial charge in [0.1, 0.15) is 5.52 Å². The van der Waals surface area contributed by atoms with Crippen LogP contribution in [0.5, 0.6) is 0 Å². The number of hydrogen-bond donors (Lipinski definition) is 1.